The van der Waals surface area contributed by atoms with E-state index in [4.69, 9.17) is 27.7 Å². The van der Waals surface area contributed by atoms with Gasteiger partial charge in [0.15, 0.2) is 0 Å². The quantitative estimate of drug-likeness (QED) is 0.405. The van der Waals surface area contributed by atoms with Gasteiger partial charge in [0.05, 0.1) is 12.1 Å². The molecule has 0 unspecified atom stereocenters. The van der Waals surface area contributed by atoms with Crippen molar-refractivity contribution in [1.82, 2.24) is 14.9 Å². The highest BCUT2D eigenvalue weighted by molar-refractivity contribution is 5.99. The fourth-order valence-corrected chi connectivity index (χ4v) is 3.36. The standard InChI is InChI=1S/C21H20F3N7O3/c22-21(23,24)33-14-5-2-12(3-6-14)13-4-7-16-15(10-13)18(32)31(11-17-29-8-1-9-30-17)19(25,26)20(27,28)34-16/h1-10H,11,25-28H2. The molecule has 8 N–H and O–H groups in total. The van der Waals surface area contributed by atoms with Crippen LogP contribution in [0.15, 0.2) is 60.9 Å². The van der Waals surface area contributed by atoms with Crippen LogP contribution in [0.25, 0.3) is 11.1 Å². The zero-order valence-electron chi connectivity index (χ0n) is 17.5. The Morgan fingerprint density at radius 3 is 2.21 bits per heavy atom. The molecule has 0 atom stereocenters. The van der Waals surface area contributed by atoms with Gasteiger partial charge in [0, 0.05) is 12.4 Å². The van der Waals surface area contributed by atoms with Crippen molar-refractivity contribution in [1.29, 1.82) is 0 Å². The second-order valence-corrected chi connectivity index (χ2v) is 7.56. The fraction of sp³-hybridized carbons (Fsp3) is 0.190. The van der Waals surface area contributed by atoms with Gasteiger partial charge < -0.3 is 9.47 Å². The maximum absolute atomic E-state index is 13.5. The molecule has 0 saturated carbocycles. The van der Waals surface area contributed by atoms with E-state index >= 15 is 0 Å². The number of rotatable bonds is 4. The van der Waals surface area contributed by atoms with Crippen LogP contribution in [0.4, 0.5) is 13.2 Å². The first-order valence-electron chi connectivity index (χ1n) is 9.80. The van der Waals surface area contributed by atoms with Gasteiger partial charge >= 0.3 is 6.36 Å². The predicted molar refractivity (Wildman–Crippen MR) is 113 cm³/mol. The summed E-state index contributed by atoms with van der Waals surface area (Å²) < 4.78 is 46.8. The van der Waals surface area contributed by atoms with Gasteiger partial charge in [0.2, 0.25) is 5.79 Å². The molecule has 34 heavy (non-hydrogen) atoms. The molecular weight excluding hydrogens is 455 g/mol. The average molecular weight is 475 g/mol. The summed E-state index contributed by atoms with van der Waals surface area (Å²) in [5.74, 6) is -5.16. The molecule has 0 radical (unpaired) electrons. The highest BCUT2D eigenvalue weighted by atomic mass is 19.4. The van der Waals surface area contributed by atoms with E-state index in [-0.39, 0.29) is 29.4 Å². The smallest absolute Gasteiger partial charge is 0.454 e. The number of hydrogen-bond donors (Lipinski definition) is 4. The summed E-state index contributed by atoms with van der Waals surface area (Å²) in [6.45, 7) is -0.223. The van der Waals surface area contributed by atoms with Crippen molar-refractivity contribution < 1.29 is 27.4 Å². The number of ether oxygens (including phenoxy) is 2. The van der Waals surface area contributed by atoms with Crippen molar-refractivity contribution in [3.63, 3.8) is 0 Å². The number of amides is 1. The molecule has 2 aromatic carbocycles. The fourth-order valence-electron chi connectivity index (χ4n) is 3.36. The summed E-state index contributed by atoms with van der Waals surface area (Å²) in [6, 6.07) is 11.2. The number of carbonyl (C=O) groups is 1. The molecular formula is C21H20F3N7O3. The number of carbonyl (C=O) groups excluding carboxylic acids is 1. The number of halogens is 3. The van der Waals surface area contributed by atoms with Crippen molar-refractivity contribution in [2.24, 2.45) is 22.9 Å². The van der Waals surface area contributed by atoms with Crippen LogP contribution in [0.1, 0.15) is 16.2 Å². The second kappa shape index (κ2) is 8.22. The zero-order chi connectivity index (χ0) is 24.7. The Hall–Kier alpha value is -3.78. The number of aromatic nitrogens is 2. The molecule has 178 valence electrons. The first kappa shape index (κ1) is 23.4. The van der Waals surface area contributed by atoms with Crippen LogP contribution in [0.5, 0.6) is 11.5 Å². The van der Waals surface area contributed by atoms with E-state index in [2.05, 4.69) is 14.7 Å². The highest BCUT2D eigenvalue weighted by Crippen LogP contribution is 2.35. The summed E-state index contributed by atoms with van der Waals surface area (Å²) in [6.07, 6.45) is -1.85. The van der Waals surface area contributed by atoms with Crippen molar-refractivity contribution in [3.05, 3.63) is 72.3 Å². The van der Waals surface area contributed by atoms with Gasteiger partial charge in [0.25, 0.3) is 11.8 Å². The lowest BCUT2D eigenvalue weighted by Crippen LogP contribution is -2.84. The summed E-state index contributed by atoms with van der Waals surface area (Å²) in [5, 5.41) is 0. The third-order valence-corrected chi connectivity index (χ3v) is 5.15. The lowest BCUT2D eigenvalue weighted by atomic mass is 10.0. The highest BCUT2D eigenvalue weighted by Gasteiger charge is 2.53. The first-order valence-corrected chi connectivity index (χ1v) is 9.80. The maximum atomic E-state index is 13.5. The average Bonchev–Trinajstić information content (AvgIpc) is 2.81. The van der Waals surface area contributed by atoms with Gasteiger partial charge in [0.1, 0.15) is 17.3 Å². The van der Waals surface area contributed by atoms with E-state index in [1.165, 1.54) is 36.7 Å². The van der Waals surface area contributed by atoms with Crippen LogP contribution in [0, 0.1) is 0 Å². The van der Waals surface area contributed by atoms with Crippen LogP contribution in [-0.2, 0) is 6.54 Å². The van der Waals surface area contributed by atoms with Crippen molar-refractivity contribution in [3.8, 4) is 22.6 Å². The molecule has 0 spiro atoms. The van der Waals surface area contributed by atoms with E-state index in [0.717, 1.165) is 17.0 Å². The number of benzene rings is 2. The van der Waals surface area contributed by atoms with Gasteiger partial charge in [-0.25, -0.2) is 9.97 Å². The number of alkyl halides is 3. The van der Waals surface area contributed by atoms with E-state index < -0.39 is 23.9 Å². The van der Waals surface area contributed by atoms with Crippen molar-refractivity contribution in [2.45, 2.75) is 24.5 Å². The summed E-state index contributed by atoms with van der Waals surface area (Å²) >= 11 is 0. The van der Waals surface area contributed by atoms with E-state index in [0.29, 0.717) is 11.1 Å². The minimum Gasteiger partial charge on any atom is -0.454 e. The monoisotopic (exact) mass is 475 g/mol. The SMILES string of the molecule is NC1(N)Oc2ccc(-c3ccc(OC(F)(F)F)cc3)cc2C(=O)N(Cc2ncccn2)C1(N)N. The molecule has 1 amide bonds. The Morgan fingerprint density at radius 2 is 1.59 bits per heavy atom. The molecule has 1 aliphatic rings. The summed E-state index contributed by atoms with van der Waals surface area (Å²) in [7, 11) is 0. The minimum atomic E-state index is -4.81. The normalized spacial score (nSPS) is 16.9. The molecule has 0 bridgehead atoms. The third-order valence-electron chi connectivity index (χ3n) is 5.15. The van der Waals surface area contributed by atoms with Gasteiger partial charge in [-0.3, -0.25) is 32.6 Å². The Labute approximate surface area is 191 Å². The molecule has 4 rings (SSSR count). The maximum Gasteiger partial charge on any atom is 0.573 e. The molecule has 0 saturated heterocycles. The lowest BCUT2D eigenvalue weighted by Gasteiger charge is -2.43. The van der Waals surface area contributed by atoms with E-state index in [1.54, 1.807) is 12.1 Å². The first-order chi connectivity index (χ1) is 15.9. The van der Waals surface area contributed by atoms with E-state index in [1.807, 2.05) is 0 Å². The van der Waals surface area contributed by atoms with Crippen LogP contribution < -0.4 is 32.4 Å². The van der Waals surface area contributed by atoms with E-state index in [9.17, 15) is 18.0 Å². The largest absolute Gasteiger partial charge is 0.573 e. The van der Waals surface area contributed by atoms with Crippen molar-refractivity contribution >= 4 is 5.91 Å². The number of nitrogens with two attached hydrogens (primary N) is 4. The van der Waals surface area contributed by atoms with Gasteiger partial charge in [-0.1, -0.05) is 18.2 Å². The van der Waals surface area contributed by atoms with Crippen LogP contribution >= 0.6 is 0 Å². The van der Waals surface area contributed by atoms with Gasteiger partial charge in [-0.2, -0.15) is 0 Å². The Morgan fingerprint density at radius 1 is 0.971 bits per heavy atom. The molecule has 2 heterocycles. The van der Waals surface area contributed by atoms with Crippen LogP contribution in [-0.4, -0.2) is 38.8 Å². The number of nitrogens with zero attached hydrogens (tertiary/aromatic N) is 3. The zero-order valence-corrected chi connectivity index (χ0v) is 17.5. The summed E-state index contributed by atoms with van der Waals surface area (Å²) in [4.78, 5) is 22.7. The molecule has 1 aromatic heterocycles. The van der Waals surface area contributed by atoms with Crippen LogP contribution in [0.3, 0.4) is 0 Å². The van der Waals surface area contributed by atoms with Crippen LogP contribution in [0.2, 0.25) is 0 Å². The number of hydrogen-bond acceptors (Lipinski definition) is 9. The van der Waals surface area contributed by atoms with Gasteiger partial charge in [-0.15, -0.1) is 13.2 Å². The van der Waals surface area contributed by atoms with Gasteiger partial charge in [-0.05, 0) is 41.5 Å². The molecule has 13 heteroatoms. The lowest BCUT2D eigenvalue weighted by molar-refractivity contribution is -0.274. The topological polar surface area (TPSA) is 169 Å². The second-order valence-electron chi connectivity index (χ2n) is 7.56. The summed E-state index contributed by atoms with van der Waals surface area (Å²) in [5.41, 5.74) is 25.5. The number of fused-ring (bicyclic) bond motifs is 1. The molecule has 3 aromatic rings. The molecule has 0 aliphatic carbocycles. The predicted octanol–water partition coefficient (Wildman–Crippen LogP) is 1.22. The molecule has 1 aliphatic heterocycles. The molecule has 10 nitrogen and oxygen atoms in total. The Balaban J connectivity index is 1.73. The third kappa shape index (κ3) is 4.49. The Kier molecular flexibility index (Phi) is 5.65. The van der Waals surface area contributed by atoms with Crippen molar-refractivity contribution in [2.75, 3.05) is 0 Å². The minimum absolute atomic E-state index is 0.0209. The molecule has 0 fully saturated rings. The Bertz CT molecular complexity index is 1200.